The molecule has 0 atom stereocenters. The molecule has 0 aliphatic heterocycles. The molecule has 2 N–H and O–H groups in total. The number of fused-ring (bicyclic) bond motifs is 1. The second-order valence-corrected chi connectivity index (χ2v) is 5.19. The molecule has 0 unspecified atom stereocenters. The molecule has 110 valence electrons. The average molecular weight is 310 g/mol. The molecule has 0 fully saturated rings. The van der Waals surface area contributed by atoms with Crippen LogP contribution in [0.25, 0.3) is 10.8 Å². The number of carbonyl (C=O) groups excluding carboxylic acids is 1. The third kappa shape index (κ3) is 3.32. The monoisotopic (exact) mass is 310 g/mol. The second-order valence-electron chi connectivity index (χ2n) is 4.78. The zero-order chi connectivity index (χ0) is 15.4. The van der Waals surface area contributed by atoms with Crippen molar-refractivity contribution in [2.24, 2.45) is 0 Å². The maximum absolute atomic E-state index is 12.2. The number of thiocarbonyl (C=S) groups is 1. The molecule has 1 heterocycles. The van der Waals surface area contributed by atoms with E-state index in [-0.39, 0.29) is 11.0 Å². The van der Waals surface area contributed by atoms with Crippen LogP contribution in [-0.4, -0.2) is 11.0 Å². The molecule has 3 aromatic rings. The lowest BCUT2D eigenvalue weighted by atomic mass is 10.1. The van der Waals surface area contributed by atoms with Crippen molar-refractivity contribution in [1.29, 1.82) is 0 Å². The van der Waals surface area contributed by atoms with Crippen LogP contribution < -0.4 is 10.6 Å². The zero-order valence-corrected chi connectivity index (χ0v) is 12.5. The molecular weight excluding hydrogens is 296 g/mol. The van der Waals surface area contributed by atoms with Gasteiger partial charge in [0.2, 0.25) is 0 Å². The third-order valence-corrected chi connectivity index (χ3v) is 3.49. The van der Waals surface area contributed by atoms with E-state index < -0.39 is 0 Å². The Morgan fingerprint density at radius 2 is 1.86 bits per heavy atom. The van der Waals surface area contributed by atoms with Gasteiger partial charge in [-0.15, -0.1) is 0 Å². The fraction of sp³-hybridized carbons (Fsp3) is 0.0588. The van der Waals surface area contributed by atoms with E-state index in [0.29, 0.717) is 12.1 Å². The first-order chi connectivity index (χ1) is 10.7. The number of rotatable bonds is 3. The lowest BCUT2D eigenvalue weighted by molar-refractivity contribution is 0.0976. The maximum atomic E-state index is 12.2. The first kappa shape index (κ1) is 14.3. The summed E-state index contributed by atoms with van der Waals surface area (Å²) in [5.41, 5.74) is 0.570. The number of benzene rings is 2. The Hall–Kier alpha value is -2.66. The molecular formula is C17H14N2O2S. The van der Waals surface area contributed by atoms with Gasteiger partial charge < -0.3 is 9.73 Å². The van der Waals surface area contributed by atoms with Crippen LogP contribution in [0.5, 0.6) is 0 Å². The van der Waals surface area contributed by atoms with E-state index in [4.69, 9.17) is 16.6 Å². The van der Waals surface area contributed by atoms with E-state index in [1.807, 2.05) is 42.5 Å². The smallest absolute Gasteiger partial charge is 0.257 e. The standard InChI is InChI=1S/C17H14N2O2S/c20-16(19-17(22)18-11-15-6-3-9-21-15)14-8-7-12-4-1-2-5-13(12)10-14/h1-10H,11H2,(H2,18,19,20,22). The summed E-state index contributed by atoms with van der Waals surface area (Å²) in [5.74, 6) is 0.519. The Labute approximate surface area is 133 Å². The molecule has 0 saturated carbocycles. The minimum atomic E-state index is -0.234. The summed E-state index contributed by atoms with van der Waals surface area (Å²) >= 11 is 5.11. The van der Waals surface area contributed by atoms with Gasteiger partial charge in [0.1, 0.15) is 5.76 Å². The minimum absolute atomic E-state index is 0.234. The van der Waals surface area contributed by atoms with Gasteiger partial charge in [-0.25, -0.2) is 0 Å². The van der Waals surface area contributed by atoms with Gasteiger partial charge in [-0.05, 0) is 47.3 Å². The maximum Gasteiger partial charge on any atom is 0.257 e. The van der Waals surface area contributed by atoms with Gasteiger partial charge in [0.15, 0.2) is 5.11 Å². The van der Waals surface area contributed by atoms with Crippen LogP contribution in [-0.2, 0) is 6.54 Å². The Balaban J connectivity index is 1.63. The molecule has 0 spiro atoms. The van der Waals surface area contributed by atoms with Gasteiger partial charge >= 0.3 is 0 Å². The quantitative estimate of drug-likeness (QED) is 0.729. The average Bonchev–Trinajstić information content (AvgIpc) is 3.06. The van der Waals surface area contributed by atoms with Gasteiger partial charge in [-0.2, -0.15) is 0 Å². The van der Waals surface area contributed by atoms with E-state index in [9.17, 15) is 4.79 Å². The van der Waals surface area contributed by atoms with Crippen molar-refractivity contribution in [2.45, 2.75) is 6.54 Å². The molecule has 3 rings (SSSR count). The normalized spacial score (nSPS) is 10.4. The number of furan rings is 1. The molecule has 0 radical (unpaired) electrons. The number of hydrogen-bond donors (Lipinski definition) is 2. The largest absolute Gasteiger partial charge is 0.467 e. The Morgan fingerprint density at radius 3 is 2.64 bits per heavy atom. The highest BCUT2D eigenvalue weighted by molar-refractivity contribution is 7.80. The van der Waals surface area contributed by atoms with Crippen molar-refractivity contribution >= 4 is 34.0 Å². The van der Waals surface area contributed by atoms with Crippen molar-refractivity contribution in [3.8, 4) is 0 Å². The van der Waals surface area contributed by atoms with Gasteiger partial charge in [0.05, 0.1) is 12.8 Å². The lowest BCUT2D eigenvalue weighted by Crippen LogP contribution is -2.38. The van der Waals surface area contributed by atoms with Crippen LogP contribution in [0.4, 0.5) is 0 Å². The van der Waals surface area contributed by atoms with Crippen molar-refractivity contribution in [1.82, 2.24) is 10.6 Å². The topological polar surface area (TPSA) is 54.3 Å². The number of nitrogens with one attached hydrogen (secondary N) is 2. The van der Waals surface area contributed by atoms with E-state index in [0.717, 1.165) is 16.5 Å². The molecule has 1 amide bonds. The van der Waals surface area contributed by atoms with Crippen LogP contribution >= 0.6 is 12.2 Å². The minimum Gasteiger partial charge on any atom is -0.467 e. The van der Waals surface area contributed by atoms with Crippen LogP contribution in [0.15, 0.2) is 65.3 Å². The Morgan fingerprint density at radius 1 is 1.05 bits per heavy atom. The molecule has 0 aliphatic carbocycles. The second kappa shape index (κ2) is 6.41. The van der Waals surface area contributed by atoms with Crippen LogP contribution in [0.2, 0.25) is 0 Å². The van der Waals surface area contributed by atoms with Gasteiger partial charge in [-0.3, -0.25) is 10.1 Å². The molecule has 2 aromatic carbocycles. The van der Waals surface area contributed by atoms with Crippen LogP contribution in [0, 0.1) is 0 Å². The fourth-order valence-corrected chi connectivity index (χ4v) is 2.30. The van der Waals surface area contributed by atoms with Gasteiger partial charge in [-0.1, -0.05) is 30.3 Å². The SMILES string of the molecule is O=C(NC(=S)NCc1ccco1)c1ccc2ccccc2c1. The summed E-state index contributed by atoms with van der Waals surface area (Å²) in [6.45, 7) is 0.434. The number of hydrogen-bond acceptors (Lipinski definition) is 3. The lowest BCUT2D eigenvalue weighted by Gasteiger charge is -2.09. The fourth-order valence-electron chi connectivity index (χ4n) is 2.13. The summed E-state index contributed by atoms with van der Waals surface area (Å²) in [7, 11) is 0. The predicted octanol–water partition coefficient (Wildman–Crippen LogP) is 3.24. The van der Waals surface area contributed by atoms with E-state index in [1.54, 1.807) is 18.4 Å². The van der Waals surface area contributed by atoms with E-state index in [2.05, 4.69) is 10.6 Å². The van der Waals surface area contributed by atoms with E-state index >= 15 is 0 Å². The predicted molar refractivity (Wildman–Crippen MR) is 89.6 cm³/mol. The number of amides is 1. The van der Waals surface area contributed by atoms with E-state index in [1.165, 1.54) is 0 Å². The summed E-state index contributed by atoms with van der Waals surface area (Å²) in [6.07, 6.45) is 1.59. The Kier molecular flexibility index (Phi) is 4.16. The Bertz CT molecular complexity index is 812. The van der Waals surface area contributed by atoms with Gasteiger partial charge in [0.25, 0.3) is 5.91 Å². The molecule has 0 saturated heterocycles. The van der Waals surface area contributed by atoms with Crippen molar-refractivity contribution < 1.29 is 9.21 Å². The first-order valence-corrected chi connectivity index (χ1v) is 7.23. The summed E-state index contributed by atoms with van der Waals surface area (Å²) < 4.78 is 5.19. The van der Waals surface area contributed by atoms with Crippen molar-refractivity contribution in [2.75, 3.05) is 0 Å². The highest BCUT2D eigenvalue weighted by Gasteiger charge is 2.08. The van der Waals surface area contributed by atoms with Crippen LogP contribution in [0.3, 0.4) is 0 Å². The highest BCUT2D eigenvalue weighted by atomic mass is 32.1. The molecule has 22 heavy (non-hydrogen) atoms. The molecule has 5 heteroatoms. The van der Waals surface area contributed by atoms with Gasteiger partial charge in [0, 0.05) is 5.56 Å². The zero-order valence-electron chi connectivity index (χ0n) is 11.7. The van der Waals surface area contributed by atoms with Crippen molar-refractivity contribution in [3.05, 3.63) is 72.2 Å². The third-order valence-electron chi connectivity index (χ3n) is 3.24. The molecule has 0 aliphatic rings. The summed E-state index contributed by atoms with van der Waals surface area (Å²) in [6, 6.07) is 17.1. The molecule has 4 nitrogen and oxygen atoms in total. The molecule has 0 bridgehead atoms. The first-order valence-electron chi connectivity index (χ1n) is 6.83. The van der Waals surface area contributed by atoms with Crippen LogP contribution in [0.1, 0.15) is 16.1 Å². The summed E-state index contributed by atoms with van der Waals surface area (Å²) in [4.78, 5) is 12.2. The van der Waals surface area contributed by atoms with Crippen molar-refractivity contribution in [3.63, 3.8) is 0 Å². The number of carbonyl (C=O) groups is 1. The molecule has 1 aromatic heterocycles. The summed E-state index contributed by atoms with van der Waals surface area (Å²) in [5, 5.41) is 7.98. The highest BCUT2D eigenvalue weighted by Crippen LogP contribution is 2.15.